The number of hydrogen-bond donors (Lipinski definition) is 1. The smallest absolute Gasteiger partial charge is 0.226 e. The molecule has 2 atom stereocenters. The summed E-state index contributed by atoms with van der Waals surface area (Å²) < 4.78 is 5.15. The summed E-state index contributed by atoms with van der Waals surface area (Å²) in [4.78, 5) is 27.0. The fourth-order valence-electron chi connectivity index (χ4n) is 3.44. The van der Waals surface area contributed by atoms with Gasteiger partial charge in [0.15, 0.2) is 0 Å². The molecule has 1 N–H and O–H groups in total. The average molecular weight is 330 g/mol. The Morgan fingerprint density at radius 1 is 1.38 bits per heavy atom. The highest BCUT2D eigenvalue weighted by Gasteiger charge is 2.44. The predicted molar refractivity (Wildman–Crippen MR) is 91.3 cm³/mol. The van der Waals surface area contributed by atoms with E-state index in [1.807, 2.05) is 25.1 Å². The number of carbonyl (C=O) groups excluding carboxylic acids is 2. The highest BCUT2D eigenvalue weighted by Crippen LogP contribution is 2.38. The molecule has 0 aromatic heterocycles. The SMILES string of the molecule is COCCN1C(=O)C[C@@H](C(=O)NCC2CC2)[C@@H]1c1cccc(C)c1. The van der Waals surface area contributed by atoms with E-state index in [2.05, 4.69) is 11.4 Å². The van der Waals surface area contributed by atoms with Crippen LogP contribution in [0.1, 0.15) is 36.4 Å². The van der Waals surface area contributed by atoms with Gasteiger partial charge in [0.25, 0.3) is 0 Å². The zero-order valence-electron chi connectivity index (χ0n) is 14.5. The number of benzene rings is 1. The molecule has 5 heteroatoms. The molecule has 1 aliphatic heterocycles. The third kappa shape index (κ3) is 3.78. The van der Waals surface area contributed by atoms with Crippen molar-refractivity contribution in [3.05, 3.63) is 35.4 Å². The van der Waals surface area contributed by atoms with Crippen molar-refractivity contribution >= 4 is 11.8 Å². The topological polar surface area (TPSA) is 58.6 Å². The quantitative estimate of drug-likeness (QED) is 0.832. The Morgan fingerprint density at radius 2 is 2.17 bits per heavy atom. The molecule has 5 nitrogen and oxygen atoms in total. The van der Waals surface area contributed by atoms with Gasteiger partial charge in [0, 0.05) is 26.6 Å². The summed E-state index contributed by atoms with van der Waals surface area (Å²) >= 11 is 0. The number of amides is 2. The summed E-state index contributed by atoms with van der Waals surface area (Å²) in [5.41, 5.74) is 2.17. The lowest BCUT2D eigenvalue weighted by Gasteiger charge is -2.28. The van der Waals surface area contributed by atoms with E-state index in [4.69, 9.17) is 4.74 Å². The summed E-state index contributed by atoms with van der Waals surface area (Å²) in [7, 11) is 1.63. The Hall–Kier alpha value is -1.88. The molecular formula is C19H26N2O3. The number of aryl methyl sites for hydroxylation is 1. The Labute approximate surface area is 143 Å². The Bertz CT molecular complexity index is 612. The van der Waals surface area contributed by atoms with Gasteiger partial charge >= 0.3 is 0 Å². The fraction of sp³-hybridized carbons (Fsp3) is 0.579. The number of carbonyl (C=O) groups is 2. The third-order valence-electron chi connectivity index (χ3n) is 4.95. The van der Waals surface area contributed by atoms with E-state index < -0.39 is 0 Å². The second-order valence-corrected chi connectivity index (χ2v) is 6.94. The van der Waals surface area contributed by atoms with Crippen LogP contribution in [0.3, 0.4) is 0 Å². The molecule has 2 aliphatic rings. The molecule has 0 spiro atoms. The van der Waals surface area contributed by atoms with Crippen LogP contribution in [0.2, 0.25) is 0 Å². The van der Waals surface area contributed by atoms with E-state index in [1.165, 1.54) is 12.8 Å². The molecule has 2 fully saturated rings. The van der Waals surface area contributed by atoms with Crippen LogP contribution >= 0.6 is 0 Å². The molecule has 1 aromatic carbocycles. The first-order valence-corrected chi connectivity index (χ1v) is 8.73. The fourth-order valence-corrected chi connectivity index (χ4v) is 3.44. The molecule has 0 radical (unpaired) electrons. The van der Waals surface area contributed by atoms with E-state index in [0.29, 0.717) is 19.1 Å². The second-order valence-electron chi connectivity index (χ2n) is 6.94. The molecular weight excluding hydrogens is 304 g/mol. The van der Waals surface area contributed by atoms with Crippen LogP contribution in [0.15, 0.2) is 24.3 Å². The van der Waals surface area contributed by atoms with Crippen molar-refractivity contribution in [2.45, 2.75) is 32.2 Å². The summed E-state index contributed by atoms with van der Waals surface area (Å²) in [5.74, 6) is 0.342. The highest BCUT2D eigenvalue weighted by atomic mass is 16.5. The zero-order chi connectivity index (χ0) is 17.1. The van der Waals surface area contributed by atoms with Crippen molar-refractivity contribution in [2.24, 2.45) is 11.8 Å². The van der Waals surface area contributed by atoms with Crippen molar-refractivity contribution in [1.82, 2.24) is 10.2 Å². The molecule has 1 saturated heterocycles. The van der Waals surface area contributed by atoms with E-state index in [1.54, 1.807) is 12.0 Å². The van der Waals surface area contributed by atoms with Crippen LogP contribution in [-0.2, 0) is 14.3 Å². The molecule has 3 rings (SSSR count). The van der Waals surface area contributed by atoms with Gasteiger partial charge in [0.05, 0.1) is 18.6 Å². The lowest BCUT2D eigenvalue weighted by molar-refractivity contribution is -0.129. The van der Waals surface area contributed by atoms with Crippen molar-refractivity contribution in [2.75, 3.05) is 26.8 Å². The summed E-state index contributed by atoms with van der Waals surface area (Å²) in [5, 5.41) is 3.05. The summed E-state index contributed by atoms with van der Waals surface area (Å²) in [6.45, 7) is 3.76. The molecule has 0 bridgehead atoms. The van der Waals surface area contributed by atoms with E-state index in [0.717, 1.165) is 17.7 Å². The molecule has 0 unspecified atom stereocenters. The second kappa shape index (κ2) is 7.34. The highest BCUT2D eigenvalue weighted by molar-refractivity contribution is 5.90. The number of rotatable bonds is 7. The Morgan fingerprint density at radius 3 is 2.83 bits per heavy atom. The van der Waals surface area contributed by atoms with Gasteiger partial charge in [0.2, 0.25) is 11.8 Å². The van der Waals surface area contributed by atoms with Crippen molar-refractivity contribution in [3.63, 3.8) is 0 Å². The van der Waals surface area contributed by atoms with Gasteiger partial charge in [-0.25, -0.2) is 0 Å². The van der Waals surface area contributed by atoms with Gasteiger partial charge in [-0.05, 0) is 31.2 Å². The van der Waals surface area contributed by atoms with E-state index in [9.17, 15) is 9.59 Å². The monoisotopic (exact) mass is 330 g/mol. The molecule has 1 saturated carbocycles. The third-order valence-corrected chi connectivity index (χ3v) is 4.95. The molecule has 1 aromatic rings. The molecule has 1 aliphatic carbocycles. The largest absolute Gasteiger partial charge is 0.383 e. The van der Waals surface area contributed by atoms with Crippen molar-refractivity contribution in [3.8, 4) is 0 Å². The van der Waals surface area contributed by atoms with E-state index >= 15 is 0 Å². The maximum Gasteiger partial charge on any atom is 0.226 e. The van der Waals surface area contributed by atoms with Crippen molar-refractivity contribution < 1.29 is 14.3 Å². The number of hydrogen-bond acceptors (Lipinski definition) is 3. The Balaban J connectivity index is 1.81. The maximum atomic E-state index is 12.7. The molecule has 130 valence electrons. The lowest BCUT2D eigenvalue weighted by Crippen LogP contribution is -2.37. The summed E-state index contributed by atoms with van der Waals surface area (Å²) in [6.07, 6.45) is 2.68. The van der Waals surface area contributed by atoms with Crippen LogP contribution in [-0.4, -0.2) is 43.5 Å². The van der Waals surface area contributed by atoms with Gasteiger partial charge < -0.3 is 15.0 Å². The van der Waals surface area contributed by atoms with Crippen LogP contribution in [0.25, 0.3) is 0 Å². The Kier molecular flexibility index (Phi) is 5.19. The lowest BCUT2D eigenvalue weighted by atomic mass is 9.92. The van der Waals surface area contributed by atoms with Crippen molar-refractivity contribution in [1.29, 1.82) is 0 Å². The zero-order valence-corrected chi connectivity index (χ0v) is 14.5. The predicted octanol–water partition coefficient (Wildman–Crippen LogP) is 2.06. The van der Waals surface area contributed by atoms with Gasteiger partial charge in [-0.2, -0.15) is 0 Å². The normalized spacial score (nSPS) is 23.6. The number of nitrogens with one attached hydrogen (secondary N) is 1. The minimum atomic E-state index is -0.324. The summed E-state index contributed by atoms with van der Waals surface area (Å²) in [6, 6.07) is 7.90. The minimum absolute atomic E-state index is 0.00155. The van der Waals surface area contributed by atoms with Crippen LogP contribution < -0.4 is 5.32 Å². The van der Waals surface area contributed by atoms with Crippen LogP contribution in [0.4, 0.5) is 0 Å². The van der Waals surface area contributed by atoms with E-state index in [-0.39, 0.29) is 30.2 Å². The number of likely N-dealkylation sites (tertiary alicyclic amines) is 1. The first-order chi connectivity index (χ1) is 11.6. The number of ether oxygens (including phenoxy) is 1. The maximum absolute atomic E-state index is 12.7. The molecule has 2 amide bonds. The molecule has 1 heterocycles. The van der Waals surface area contributed by atoms with Crippen LogP contribution in [0, 0.1) is 18.8 Å². The van der Waals surface area contributed by atoms with Gasteiger partial charge in [-0.3, -0.25) is 9.59 Å². The average Bonchev–Trinajstić information content (AvgIpc) is 3.33. The molecule has 24 heavy (non-hydrogen) atoms. The minimum Gasteiger partial charge on any atom is -0.383 e. The van der Waals surface area contributed by atoms with Gasteiger partial charge in [-0.1, -0.05) is 29.8 Å². The first kappa shape index (κ1) is 17.0. The number of methoxy groups -OCH3 is 1. The van der Waals surface area contributed by atoms with Crippen LogP contribution in [0.5, 0.6) is 0 Å². The number of nitrogens with zero attached hydrogens (tertiary/aromatic N) is 1. The standard InChI is InChI=1S/C19H26N2O3/c1-13-4-3-5-15(10-13)18-16(19(23)20-12-14-6-7-14)11-17(22)21(18)8-9-24-2/h3-5,10,14,16,18H,6-9,11-12H2,1-2H3,(H,20,23)/t16-,18+/m1/s1. The van der Waals surface area contributed by atoms with Gasteiger partial charge in [0.1, 0.15) is 0 Å². The first-order valence-electron chi connectivity index (χ1n) is 8.73. The van der Waals surface area contributed by atoms with Gasteiger partial charge in [-0.15, -0.1) is 0 Å².